The van der Waals surface area contributed by atoms with Crippen LogP contribution in [0.15, 0.2) is 23.1 Å². The molecule has 0 heterocycles. The quantitative estimate of drug-likeness (QED) is 0.551. The van der Waals surface area contributed by atoms with Gasteiger partial charge in [0.15, 0.2) is 0 Å². The van der Waals surface area contributed by atoms with Crippen molar-refractivity contribution in [1.29, 1.82) is 0 Å². The summed E-state index contributed by atoms with van der Waals surface area (Å²) in [5.74, 6) is 0. The molecule has 0 N–H and O–H groups in total. The third kappa shape index (κ3) is 2.49. The van der Waals surface area contributed by atoms with E-state index in [1.807, 2.05) is 18.2 Å². The Morgan fingerprint density at radius 3 is 2.17 bits per heavy atom. The second kappa shape index (κ2) is 3.70. The molecule has 0 atom stereocenters. The number of thiol groups is 1. The summed E-state index contributed by atoms with van der Waals surface area (Å²) in [6, 6.07) is 5.66. The minimum atomic E-state index is -0.991. The van der Waals surface area contributed by atoms with E-state index in [4.69, 9.17) is 23.2 Å². The van der Waals surface area contributed by atoms with Crippen molar-refractivity contribution < 1.29 is 0 Å². The Morgan fingerprint density at radius 2 is 1.75 bits per heavy atom. The fourth-order valence-electron chi connectivity index (χ4n) is 0.788. The molecule has 1 aromatic carbocycles. The van der Waals surface area contributed by atoms with Gasteiger partial charge in [-0.25, -0.2) is 0 Å². The third-order valence-corrected chi connectivity index (χ3v) is 4.25. The molecule has 0 unspecified atom stereocenters. The molecule has 0 amide bonds. The van der Waals surface area contributed by atoms with Gasteiger partial charge in [-0.3, -0.25) is 0 Å². The summed E-state index contributed by atoms with van der Waals surface area (Å²) >= 11 is 16.2. The highest BCUT2D eigenvalue weighted by molar-refractivity contribution is 8.87. The topological polar surface area (TPSA) is 0 Å². The summed E-state index contributed by atoms with van der Waals surface area (Å²) in [6.07, 6.45) is 4.19. The Kier molecular flexibility index (Phi) is 3.27. The van der Waals surface area contributed by atoms with Crippen LogP contribution in [0.4, 0.5) is 0 Å². The summed E-state index contributed by atoms with van der Waals surface area (Å²) in [7, 11) is -0.991. The fraction of sp³-hybridized carbons (Fsp3) is 0.250. The van der Waals surface area contributed by atoms with Crippen LogP contribution in [-0.2, 0) is 0 Å². The van der Waals surface area contributed by atoms with E-state index < -0.39 is 9.06 Å². The van der Waals surface area contributed by atoms with Crippen LogP contribution in [0.2, 0.25) is 10.0 Å². The lowest BCUT2D eigenvalue weighted by atomic mass is 10.4. The molecule has 0 nitrogen and oxygen atoms in total. The molecule has 0 aliphatic heterocycles. The molecular formula is C8H10Cl2S2. The molecule has 0 saturated heterocycles. The highest BCUT2D eigenvalue weighted by Gasteiger charge is 2.10. The zero-order valence-corrected chi connectivity index (χ0v) is 10.1. The van der Waals surface area contributed by atoms with Crippen LogP contribution >= 0.6 is 43.9 Å². The molecule has 1 aromatic rings. The van der Waals surface area contributed by atoms with E-state index in [1.54, 1.807) is 0 Å². The molecule has 4 heteroatoms. The lowest BCUT2D eigenvalue weighted by Gasteiger charge is -2.24. The number of benzene rings is 1. The number of rotatable bonds is 1. The maximum absolute atomic E-state index is 5.87. The van der Waals surface area contributed by atoms with Gasteiger partial charge < -0.3 is 0 Å². The molecular weight excluding hydrogens is 231 g/mol. The van der Waals surface area contributed by atoms with Crippen molar-refractivity contribution >= 4 is 43.9 Å². The third-order valence-electron chi connectivity index (χ3n) is 1.47. The van der Waals surface area contributed by atoms with Crippen molar-refractivity contribution in [2.45, 2.75) is 4.90 Å². The molecule has 0 saturated carbocycles. The van der Waals surface area contributed by atoms with Crippen molar-refractivity contribution in [3.05, 3.63) is 28.2 Å². The molecule has 0 radical (unpaired) electrons. The molecule has 1 rings (SSSR count). The van der Waals surface area contributed by atoms with Gasteiger partial charge in [-0.05, 0) is 35.6 Å². The predicted octanol–water partition coefficient (Wildman–Crippen LogP) is 4.26. The van der Waals surface area contributed by atoms with Crippen molar-refractivity contribution in [2.24, 2.45) is 0 Å². The fourth-order valence-corrected chi connectivity index (χ4v) is 2.30. The summed E-state index contributed by atoms with van der Waals surface area (Å²) < 4.78 is 0. The van der Waals surface area contributed by atoms with Crippen LogP contribution in [0.3, 0.4) is 0 Å². The Bertz CT molecular complexity index is 292. The smallest absolute Gasteiger partial charge is 0.0603 e. The normalized spacial score (nSPS) is 13.1. The zero-order valence-electron chi connectivity index (χ0n) is 6.84. The highest BCUT2D eigenvalue weighted by Crippen LogP contribution is 2.54. The van der Waals surface area contributed by atoms with Gasteiger partial charge >= 0.3 is 0 Å². The first-order valence-corrected chi connectivity index (χ1v) is 7.58. The predicted molar refractivity (Wildman–Crippen MR) is 63.2 cm³/mol. The average molecular weight is 241 g/mol. The average Bonchev–Trinajstić information content (AvgIpc) is 1.92. The van der Waals surface area contributed by atoms with Gasteiger partial charge in [0.1, 0.15) is 0 Å². The van der Waals surface area contributed by atoms with Gasteiger partial charge in [-0.2, -0.15) is 9.06 Å². The first-order valence-electron chi connectivity index (χ1n) is 3.32. The molecule has 0 spiro atoms. The lowest BCUT2D eigenvalue weighted by Crippen LogP contribution is -1.86. The monoisotopic (exact) mass is 240 g/mol. The van der Waals surface area contributed by atoms with Crippen molar-refractivity contribution in [3.63, 3.8) is 0 Å². The van der Waals surface area contributed by atoms with Crippen molar-refractivity contribution in [2.75, 3.05) is 12.5 Å². The summed E-state index contributed by atoms with van der Waals surface area (Å²) in [4.78, 5) is 1.15. The first kappa shape index (κ1) is 10.6. The van der Waals surface area contributed by atoms with E-state index >= 15 is 0 Å². The van der Waals surface area contributed by atoms with Gasteiger partial charge in [0.25, 0.3) is 0 Å². The largest absolute Gasteiger partial charge is 0.174 e. The molecule has 68 valence electrons. The van der Waals surface area contributed by atoms with Crippen LogP contribution in [0, 0.1) is 0 Å². The van der Waals surface area contributed by atoms with Gasteiger partial charge in [-0.15, -0.1) is 11.7 Å². The van der Waals surface area contributed by atoms with Gasteiger partial charge in [-0.1, -0.05) is 23.2 Å². The number of hydrogen-bond donors (Lipinski definition) is 1. The second-order valence-electron chi connectivity index (χ2n) is 2.85. The van der Waals surface area contributed by atoms with Crippen LogP contribution in [0.25, 0.3) is 0 Å². The molecule has 0 bridgehead atoms. The molecule has 0 fully saturated rings. The SMILES string of the molecule is CS(C)(S)c1ccc(Cl)c(Cl)c1. The zero-order chi connectivity index (χ0) is 9.35. The van der Waals surface area contributed by atoms with E-state index in [1.165, 1.54) is 0 Å². The summed E-state index contributed by atoms with van der Waals surface area (Å²) in [6.45, 7) is 0. The maximum Gasteiger partial charge on any atom is 0.0603 e. The Morgan fingerprint density at radius 1 is 1.17 bits per heavy atom. The van der Waals surface area contributed by atoms with Gasteiger partial charge in [0, 0.05) is 0 Å². The minimum absolute atomic E-state index is 0.595. The van der Waals surface area contributed by atoms with E-state index in [-0.39, 0.29) is 0 Å². The number of halogens is 2. The molecule has 0 aliphatic rings. The Hall–Kier alpha value is 0.500. The van der Waals surface area contributed by atoms with E-state index in [0.29, 0.717) is 10.0 Å². The molecule has 0 aliphatic carbocycles. The van der Waals surface area contributed by atoms with Crippen molar-refractivity contribution in [1.82, 2.24) is 0 Å². The van der Waals surface area contributed by atoms with Crippen LogP contribution in [-0.4, -0.2) is 12.5 Å². The summed E-state index contributed by atoms with van der Waals surface area (Å²) in [5.41, 5.74) is 0. The minimum Gasteiger partial charge on any atom is -0.174 e. The van der Waals surface area contributed by atoms with Crippen molar-refractivity contribution in [3.8, 4) is 0 Å². The van der Waals surface area contributed by atoms with Gasteiger partial charge in [0.05, 0.1) is 10.0 Å². The van der Waals surface area contributed by atoms with Crippen LogP contribution < -0.4 is 0 Å². The summed E-state index contributed by atoms with van der Waals surface area (Å²) in [5, 5.41) is 1.20. The Balaban J connectivity index is 3.14. The van der Waals surface area contributed by atoms with E-state index in [9.17, 15) is 0 Å². The lowest BCUT2D eigenvalue weighted by molar-refractivity contribution is 1.45. The van der Waals surface area contributed by atoms with E-state index in [2.05, 4.69) is 24.2 Å². The highest BCUT2D eigenvalue weighted by atomic mass is 35.5. The Labute approximate surface area is 89.4 Å². The van der Waals surface area contributed by atoms with Crippen LogP contribution in [0.5, 0.6) is 0 Å². The van der Waals surface area contributed by atoms with Crippen LogP contribution in [0.1, 0.15) is 0 Å². The first-order chi connectivity index (χ1) is 5.41. The second-order valence-corrected chi connectivity index (χ2v) is 9.42. The standard InChI is InChI=1S/C8H10Cl2S2/c1-12(2,11)6-3-4-7(9)8(10)5-6/h3-5,11H,1-2H3. The van der Waals surface area contributed by atoms with Gasteiger partial charge in [0.2, 0.25) is 0 Å². The molecule has 0 aromatic heterocycles. The van der Waals surface area contributed by atoms with E-state index in [0.717, 1.165) is 4.90 Å². The number of hydrogen-bond acceptors (Lipinski definition) is 1. The molecule has 12 heavy (non-hydrogen) atoms. The maximum atomic E-state index is 5.87.